The summed E-state index contributed by atoms with van der Waals surface area (Å²) in [5.41, 5.74) is 3.65. The van der Waals surface area contributed by atoms with Crippen molar-refractivity contribution in [2.75, 3.05) is 13.1 Å². The summed E-state index contributed by atoms with van der Waals surface area (Å²) < 4.78 is 0. The molecular weight excluding hydrogens is 404 g/mol. The number of aromatic hydroxyl groups is 1. The summed E-state index contributed by atoms with van der Waals surface area (Å²) in [7, 11) is 0. The largest absolute Gasteiger partial charge is 0.507 e. The first-order chi connectivity index (χ1) is 12.9. The molecule has 1 fully saturated rings. The van der Waals surface area contributed by atoms with Gasteiger partial charge in [-0.3, -0.25) is 4.90 Å². The molecule has 29 heavy (non-hydrogen) atoms. The molecule has 2 heterocycles. The van der Waals surface area contributed by atoms with Crippen LogP contribution in [-0.2, 0) is 17.4 Å². The fraction of sp³-hybridized carbons (Fsp3) is 0.609. The number of aromatic nitrogens is 1. The van der Waals surface area contributed by atoms with Gasteiger partial charge < -0.3 is 10.2 Å². The molecule has 6 heteroatoms. The molecule has 0 saturated carbocycles. The highest BCUT2D eigenvalue weighted by Gasteiger charge is 2.27. The number of halogens is 1. The van der Waals surface area contributed by atoms with Crippen LogP contribution in [0.5, 0.6) is 5.75 Å². The second-order valence-corrected chi connectivity index (χ2v) is 11.0. The van der Waals surface area contributed by atoms with Crippen molar-refractivity contribution in [2.45, 2.75) is 77.9 Å². The molecule has 1 aromatic carbocycles. The SMILES string of the molecule is CC(C)(C)c1cc(-c2csc(CN3CCCC(O)C3)n2)cc(C(C)(C)C)c1O.Cl. The average Bonchev–Trinajstić information content (AvgIpc) is 3.01. The molecule has 1 saturated heterocycles. The van der Waals surface area contributed by atoms with Crippen LogP contribution in [0.25, 0.3) is 11.3 Å². The molecule has 0 bridgehead atoms. The van der Waals surface area contributed by atoms with Crippen molar-refractivity contribution in [1.29, 1.82) is 0 Å². The summed E-state index contributed by atoms with van der Waals surface area (Å²) in [6.45, 7) is 15.3. The predicted octanol–water partition coefficient (Wildman–Crippen LogP) is 5.49. The Balaban J connectivity index is 0.00000300. The maximum absolute atomic E-state index is 10.9. The zero-order valence-electron chi connectivity index (χ0n) is 18.5. The highest BCUT2D eigenvalue weighted by atomic mass is 35.5. The lowest BCUT2D eigenvalue weighted by molar-refractivity contribution is 0.0668. The molecule has 0 aliphatic carbocycles. The van der Waals surface area contributed by atoms with E-state index in [4.69, 9.17) is 4.98 Å². The molecule has 1 aliphatic heterocycles. The van der Waals surface area contributed by atoms with Crippen molar-refractivity contribution >= 4 is 23.7 Å². The summed E-state index contributed by atoms with van der Waals surface area (Å²) in [6, 6.07) is 4.18. The van der Waals surface area contributed by atoms with E-state index in [0.29, 0.717) is 5.75 Å². The maximum Gasteiger partial charge on any atom is 0.123 e. The van der Waals surface area contributed by atoms with E-state index in [-0.39, 0.29) is 29.3 Å². The van der Waals surface area contributed by atoms with Crippen LogP contribution in [-0.4, -0.2) is 39.3 Å². The zero-order chi connectivity index (χ0) is 20.7. The molecule has 0 radical (unpaired) electrons. The van der Waals surface area contributed by atoms with Gasteiger partial charge in [-0.2, -0.15) is 0 Å². The van der Waals surface area contributed by atoms with Gasteiger partial charge in [0.25, 0.3) is 0 Å². The van der Waals surface area contributed by atoms with E-state index >= 15 is 0 Å². The lowest BCUT2D eigenvalue weighted by atomic mass is 9.78. The third kappa shape index (κ3) is 5.72. The maximum atomic E-state index is 10.9. The number of hydrogen-bond acceptors (Lipinski definition) is 5. The molecule has 2 N–H and O–H groups in total. The van der Waals surface area contributed by atoms with Crippen molar-refractivity contribution in [1.82, 2.24) is 9.88 Å². The van der Waals surface area contributed by atoms with Gasteiger partial charge in [-0.25, -0.2) is 4.98 Å². The van der Waals surface area contributed by atoms with Crippen molar-refractivity contribution in [3.63, 3.8) is 0 Å². The number of hydrogen-bond donors (Lipinski definition) is 2. The summed E-state index contributed by atoms with van der Waals surface area (Å²) >= 11 is 1.67. The first-order valence-corrected chi connectivity index (χ1v) is 11.1. The molecule has 2 aromatic rings. The number of phenolic OH excluding ortho intramolecular Hbond substituents is 1. The topological polar surface area (TPSA) is 56.6 Å². The normalized spacial score (nSPS) is 18.5. The summed E-state index contributed by atoms with van der Waals surface area (Å²) in [5.74, 6) is 0.404. The standard InChI is InChI=1S/C23H34N2O2S.ClH/c1-22(2,3)17-10-15(11-18(21(17)27)23(4,5)6)19-14-28-20(24-19)13-25-9-7-8-16(26)12-25;/h10-11,14,16,26-27H,7-9,12-13H2,1-6H3;1H. The molecule has 1 atom stereocenters. The van der Waals surface area contributed by atoms with Gasteiger partial charge in [0.2, 0.25) is 0 Å². The minimum absolute atomic E-state index is 0. The third-order valence-electron chi connectivity index (χ3n) is 5.41. The molecule has 0 amide bonds. The Bertz CT molecular complexity index is 801. The second-order valence-electron chi connectivity index (χ2n) is 10.1. The Kier molecular flexibility index (Phi) is 7.43. The van der Waals surface area contributed by atoms with Crippen LogP contribution in [0.15, 0.2) is 17.5 Å². The van der Waals surface area contributed by atoms with E-state index in [0.717, 1.165) is 59.9 Å². The minimum Gasteiger partial charge on any atom is -0.507 e. The van der Waals surface area contributed by atoms with Crippen LogP contribution >= 0.6 is 23.7 Å². The van der Waals surface area contributed by atoms with E-state index in [1.807, 2.05) is 0 Å². The first kappa shape index (κ1) is 24.1. The molecule has 1 unspecified atom stereocenters. The fourth-order valence-electron chi connectivity index (χ4n) is 3.81. The van der Waals surface area contributed by atoms with E-state index in [1.165, 1.54) is 0 Å². The van der Waals surface area contributed by atoms with Crippen molar-refractivity contribution in [3.05, 3.63) is 33.6 Å². The number of aliphatic hydroxyl groups is 1. The number of piperidine rings is 1. The summed E-state index contributed by atoms with van der Waals surface area (Å²) in [4.78, 5) is 7.18. The number of nitrogens with zero attached hydrogens (tertiary/aromatic N) is 2. The average molecular weight is 439 g/mol. The Morgan fingerprint density at radius 3 is 2.21 bits per heavy atom. The minimum atomic E-state index is -0.214. The van der Waals surface area contributed by atoms with Gasteiger partial charge in [0.1, 0.15) is 10.8 Å². The van der Waals surface area contributed by atoms with E-state index < -0.39 is 0 Å². The molecule has 4 nitrogen and oxygen atoms in total. The van der Waals surface area contributed by atoms with Crippen molar-refractivity contribution in [3.8, 4) is 17.0 Å². The van der Waals surface area contributed by atoms with E-state index in [1.54, 1.807) is 11.3 Å². The van der Waals surface area contributed by atoms with Crippen LogP contribution < -0.4 is 0 Å². The van der Waals surface area contributed by atoms with Gasteiger partial charge >= 0.3 is 0 Å². The fourth-order valence-corrected chi connectivity index (χ4v) is 4.65. The number of rotatable bonds is 3. The smallest absolute Gasteiger partial charge is 0.123 e. The first-order valence-electron chi connectivity index (χ1n) is 10.2. The van der Waals surface area contributed by atoms with E-state index in [9.17, 15) is 10.2 Å². The molecule has 1 aliphatic rings. The van der Waals surface area contributed by atoms with Crippen LogP contribution in [0.4, 0.5) is 0 Å². The van der Waals surface area contributed by atoms with Crippen LogP contribution in [0.2, 0.25) is 0 Å². The van der Waals surface area contributed by atoms with Gasteiger partial charge in [0.05, 0.1) is 18.3 Å². The quantitative estimate of drug-likeness (QED) is 0.665. The highest BCUT2D eigenvalue weighted by molar-refractivity contribution is 7.09. The predicted molar refractivity (Wildman–Crippen MR) is 124 cm³/mol. The van der Waals surface area contributed by atoms with Gasteiger partial charge in [0.15, 0.2) is 0 Å². The number of β-amino-alcohol motifs (C(OH)–C–C–N with tert-alkyl or cyclic N) is 1. The third-order valence-corrected chi connectivity index (χ3v) is 6.25. The molecule has 1 aromatic heterocycles. The lowest BCUT2D eigenvalue weighted by Gasteiger charge is -2.29. The molecule has 3 rings (SSSR count). The van der Waals surface area contributed by atoms with Crippen molar-refractivity contribution < 1.29 is 10.2 Å². The zero-order valence-corrected chi connectivity index (χ0v) is 20.1. The number of aliphatic hydroxyl groups excluding tert-OH is 1. The number of benzene rings is 1. The number of thiazole rings is 1. The molecule has 162 valence electrons. The van der Waals surface area contributed by atoms with Crippen molar-refractivity contribution in [2.24, 2.45) is 0 Å². The van der Waals surface area contributed by atoms with Gasteiger partial charge in [0, 0.05) is 28.6 Å². The number of likely N-dealkylation sites (tertiary alicyclic amines) is 1. The van der Waals surface area contributed by atoms with Crippen LogP contribution in [0.1, 0.15) is 70.5 Å². The Hall–Kier alpha value is -1.14. The molecule has 0 spiro atoms. The van der Waals surface area contributed by atoms with Gasteiger partial charge in [-0.05, 0) is 42.3 Å². The summed E-state index contributed by atoms with van der Waals surface area (Å²) in [5, 5.41) is 24.0. The Morgan fingerprint density at radius 2 is 1.69 bits per heavy atom. The van der Waals surface area contributed by atoms with E-state index in [2.05, 4.69) is 64.0 Å². The van der Waals surface area contributed by atoms with Gasteiger partial charge in [-0.15, -0.1) is 23.7 Å². The highest BCUT2D eigenvalue weighted by Crippen LogP contribution is 2.42. The van der Waals surface area contributed by atoms with Gasteiger partial charge in [-0.1, -0.05) is 41.5 Å². The Morgan fingerprint density at radius 1 is 1.10 bits per heavy atom. The second kappa shape index (κ2) is 8.93. The number of phenols is 1. The molecular formula is C23H35ClN2O2S. The van der Waals surface area contributed by atoms with Crippen LogP contribution in [0, 0.1) is 0 Å². The Labute approximate surface area is 185 Å². The monoisotopic (exact) mass is 438 g/mol. The summed E-state index contributed by atoms with van der Waals surface area (Å²) in [6.07, 6.45) is 1.73. The van der Waals surface area contributed by atoms with Crippen LogP contribution in [0.3, 0.4) is 0 Å². The lowest BCUT2D eigenvalue weighted by Crippen LogP contribution is -2.37.